The summed E-state index contributed by atoms with van der Waals surface area (Å²) >= 11 is 0. The maximum Gasteiger partial charge on any atom is 0.341 e. The molecule has 24 heavy (non-hydrogen) atoms. The second-order valence-corrected chi connectivity index (χ2v) is 5.29. The van der Waals surface area contributed by atoms with Gasteiger partial charge in [-0.25, -0.2) is 4.79 Å². The first kappa shape index (κ1) is 17.6. The Labute approximate surface area is 141 Å². The Morgan fingerprint density at radius 2 is 1.88 bits per heavy atom. The van der Waals surface area contributed by atoms with E-state index in [4.69, 9.17) is 13.9 Å². The second-order valence-electron chi connectivity index (χ2n) is 5.29. The van der Waals surface area contributed by atoms with Crippen LogP contribution in [-0.4, -0.2) is 37.5 Å². The number of methoxy groups -OCH3 is 1. The normalized spacial score (nSPS) is 10.3. The number of amides is 1. The van der Waals surface area contributed by atoms with Crippen molar-refractivity contribution in [3.05, 3.63) is 53.0 Å². The van der Waals surface area contributed by atoms with Crippen molar-refractivity contribution in [2.24, 2.45) is 0 Å². The zero-order valence-electron chi connectivity index (χ0n) is 14.3. The van der Waals surface area contributed by atoms with E-state index in [0.717, 1.165) is 5.75 Å². The third-order valence-corrected chi connectivity index (χ3v) is 3.53. The van der Waals surface area contributed by atoms with Crippen molar-refractivity contribution in [3.63, 3.8) is 0 Å². The van der Waals surface area contributed by atoms with Crippen LogP contribution in [-0.2, 0) is 11.3 Å². The molecule has 1 amide bonds. The van der Waals surface area contributed by atoms with E-state index < -0.39 is 5.97 Å². The summed E-state index contributed by atoms with van der Waals surface area (Å²) in [6.07, 6.45) is 0. The zero-order chi connectivity index (χ0) is 17.7. The van der Waals surface area contributed by atoms with Crippen molar-refractivity contribution in [2.75, 3.05) is 20.8 Å². The van der Waals surface area contributed by atoms with Crippen LogP contribution in [0.5, 0.6) is 5.75 Å². The van der Waals surface area contributed by atoms with Crippen LogP contribution in [0.15, 0.2) is 34.7 Å². The highest BCUT2D eigenvalue weighted by atomic mass is 16.5. The molecule has 1 aromatic carbocycles. The van der Waals surface area contributed by atoms with Crippen molar-refractivity contribution in [1.82, 2.24) is 4.90 Å². The number of hydrogen-bond donors (Lipinski definition) is 0. The average molecular weight is 331 g/mol. The van der Waals surface area contributed by atoms with Gasteiger partial charge in [-0.15, -0.1) is 0 Å². The second kappa shape index (κ2) is 7.68. The molecule has 0 fully saturated rings. The van der Waals surface area contributed by atoms with Gasteiger partial charge < -0.3 is 18.8 Å². The van der Waals surface area contributed by atoms with Crippen LogP contribution in [0.4, 0.5) is 0 Å². The van der Waals surface area contributed by atoms with E-state index in [0.29, 0.717) is 29.3 Å². The lowest BCUT2D eigenvalue weighted by atomic mass is 10.2. The van der Waals surface area contributed by atoms with E-state index in [-0.39, 0.29) is 12.5 Å². The molecule has 2 aromatic rings. The van der Waals surface area contributed by atoms with Crippen molar-refractivity contribution in [1.29, 1.82) is 0 Å². The number of rotatable bonds is 6. The van der Waals surface area contributed by atoms with Crippen LogP contribution in [0.1, 0.15) is 39.2 Å². The van der Waals surface area contributed by atoms with Gasteiger partial charge >= 0.3 is 5.97 Å². The highest BCUT2D eigenvalue weighted by Crippen LogP contribution is 2.18. The molecule has 1 aromatic heterocycles. The Morgan fingerprint density at radius 3 is 2.46 bits per heavy atom. The minimum Gasteiger partial charge on any atom is -0.494 e. The maximum absolute atomic E-state index is 12.5. The number of esters is 1. The van der Waals surface area contributed by atoms with Gasteiger partial charge in [0.05, 0.1) is 20.3 Å². The molecule has 128 valence electrons. The molecule has 1 heterocycles. The van der Waals surface area contributed by atoms with Gasteiger partial charge in [0, 0.05) is 12.6 Å². The first-order valence-electron chi connectivity index (χ1n) is 7.62. The van der Waals surface area contributed by atoms with Gasteiger partial charge in [0.15, 0.2) is 0 Å². The lowest BCUT2D eigenvalue weighted by Gasteiger charge is -2.16. The van der Waals surface area contributed by atoms with E-state index in [1.807, 2.05) is 6.92 Å². The fourth-order valence-electron chi connectivity index (χ4n) is 2.32. The summed E-state index contributed by atoms with van der Waals surface area (Å²) < 4.78 is 15.6. The van der Waals surface area contributed by atoms with Gasteiger partial charge in [-0.05, 0) is 44.2 Å². The number of benzene rings is 1. The van der Waals surface area contributed by atoms with Crippen molar-refractivity contribution < 1.29 is 23.5 Å². The fourth-order valence-corrected chi connectivity index (χ4v) is 2.32. The molecule has 0 unspecified atom stereocenters. The monoisotopic (exact) mass is 331 g/mol. The van der Waals surface area contributed by atoms with Crippen LogP contribution >= 0.6 is 0 Å². The molecule has 0 aliphatic carbocycles. The Balaban J connectivity index is 2.07. The molecule has 0 saturated heterocycles. The van der Waals surface area contributed by atoms with E-state index in [1.54, 1.807) is 44.3 Å². The lowest BCUT2D eigenvalue weighted by molar-refractivity contribution is 0.0598. The molecule has 0 aliphatic heterocycles. The maximum atomic E-state index is 12.5. The van der Waals surface area contributed by atoms with Crippen LogP contribution in [0.2, 0.25) is 0 Å². The van der Waals surface area contributed by atoms with Crippen LogP contribution < -0.4 is 4.74 Å². The third kappa shape index (κ3) is 3.95. The first-order chi connectivity index (χ1) is 11.5. The highest BCUT2D eigenvalue weighted by molar-refractivity contribution is 5.94. The largest absolute Gasteiger partial charge is 0.494 e. The van der Waals surface area contributed by atoms with Crippen molar-refractivity contribution in [2.45, 2.75) is 20.4 Å². The minimum atomic E-state index is -0.456. The molecule has 2 rings (SSSR count). The number of carbonyl (C=O) groups is 2. The molecule has 0 saturated carbocycles. The quantitative estimate of drug-likeness (QED) is 0.761. The molecule has 0 radical (unpaired) electrons. The molecule has 0 atom stereocenters. The summed E-state index contributed by atoms with van der Waals surface area (Å²) in [5.41, 5.74) is 0.923. The fraction of sp³-hybridized carbons (Fsp3) is 0.333. The Morgan fingerprint density at radius 1 is 1.21 bits per heavy atom. The predicted octanol–water partition coefficient (Wildman–Crippen LogP) is 3.05. The topological polar surface area (TPSA) is 69.0 Å². The van der Waals surface area contributed by atoms with E-state index in [9.17, 15) is 9.59 Å². The summed E-state index contributed by atoms with van der Waals surface area (Å²) in [4.78, 5) is 25.6. The smallest absolute Gasteiger partial charge is 0.341 e. The molecule has 6 nitrogen and oxygen atoms in total. The van der Waals surface area contributed by atoms with Crippen LogP contribution in [0.25, 0.3) is 0 Å². The van der Waals surface area contributed by atoms with Gasteiger partial charge in [0.2, 0.25) is 0 Å². The van der Waals surface area contributed by atoms with Gasteiger partial charge in [-0.2, -0.15) is 0 Å². The van der Waals surface area contributed by atoms with E-state index in [1.165, 1.54) is 12.0 Å². The number of ether oxygens (including phenoxy) is 2. The Kier molecular flexibility index (Phi) is 5.63. The molecular formula is C18H21NO5. The number of aryl methyl sites for hydroxylation is 1. The van der Waals surface area contributed by atoms with Crippen molar-refractivity contribution >= 4 is 11.9 Å². The predicted molar refractivity (Wildman–Crippen MR) is 88.2 cm³/mol. The number of furan rings is 1. The minimum absolute atomic E-state index is 0.147. The SMILES string of the molecule is CCOc1ccc(C(=O)N(C)Cc2cc(C(=O)OC)c(C)o2)cc1. The van der Waals surface area contributed by atoms with Gasteiger partial charge in [-0.3, -0.25) is 4.79 Å². The molecule has 0 spiro atoms. The highest BCUT2D eigenvalue weighted by Gasteiger charge is 2.18. The van der Waals surface area contributed by atoms with Gasteiger partial charge in [0.1, 0.15) is 22.8 Å². The number of nitrogens with zero attached hydrogens (tertiary/aromatic N) is 1. The summed E-state index contributed by atoms with van der Waals surface area (Å²) in [5, 5.41) is 0. The van der Waals surface area contributed by atoms with Crippen LogP contribution in [0.3, 0.4) is 0 Å². The third-order valence-electron chi connectivity index (χ3n) is 3.53. The van der Waals surface area contributed by atoms with Gasteiger partial charge in [-0.1, -0.05) is 0 Å². The van der Waals surface area contributed by atoms with E-state index >= 15 is 0 Å². The number of hydrogen-bond acceptors (Lipinski definition) is 5. The Hall–Kier alpha value is -2.76. The average Bonchev–Trinajstić information content (AvgIpc) is 2.94. The van der Waals surface area contributed by atoms with Crippen LogP contribution in [0, 0.1) is 6.92 Å². The summed E-state index contributed by atoms with van der Waals surface area (Å²) in [6, 6.07) is 8.56. The van der Waals surface area contributed by atoms with E-state index in [2.05, 4.69) is 0 Å². The lowest BCUT2D eigenvalue weighted by Crippen LogP contribution is -2.25. The Bertz CT molecular complexity index is 718. The van der Waals surface area contributed by atoms with Gasteiger partial charge in [0.25, 0.3) is 5.91 Å². The first-order valence-corrected chi connectivity index (χ1v) is 7.62. The molecule has 0 N–H and O–H groups in total. The number of carbonyl (C=O) groups excluding carboxylic acids is 2. The molecular weight excluding hydrogens is 310 g/mol. The molecule has 6 heteroatoms. The summed E-state index contributed by atoms with van der Waals surface area (Å²) in [7, 11) is 2.99. The van der Waals surface area contributed by atoms with Crippen molar-refractivity contribution in [3.8, 4) is 5.75 Å². The molecule has 0 aliphatic rings. The molecule has 0 bridgehead atoms. The zero-order valence-corrected chi connectivity index (χ0v) is 14.3. The summed E-state index contributed by atoms with van der Waals surface area (Å²) in [6.45, 7) is 4.42. The standard InChI is InChI=1S/C18H21NO5/c1-5-23-14-8-6-13(7-9-14)17(20)19(3)11-15-10-16(12(2)24-15)18(21)22-4/h6-10H,5,11H2,1-4H3. The summed E-state index contributed by atoms with van der Waals surface area (Å²) in [5.74, 6) is 1.12.